The minimum atomic E-state index is -1.58. The lowest BCUT2D eigenvalue weighted by molar-refractivity contribution is 0.0640. The molecular weight excluding hydrogens is 218 g/mol. The number of aromatic nitrogens is 1. The first-order chi connectivity index (χ1) is 7.34. The normalized spacial score (nSPS) is 9.81. The quantitative estimate of drug-likeness (QED) is 0.683. The van der Waals surface area contributed by atoms with Crippen LogP contribution in [0.2, 0.25) is 0 Å². The lowest BCUT2D eigenvalue weighted by Gasteiger charge is -2.05. The molecule has 0 aliphatic rings. The van der Waals surface area contributed by atoms with Crippen molar-refractivity contribution in [1.29, 1.82) is 0 Å². The van der Waals surface area contributed by atoms with Gasteiger partial charge in [-0.05, 0) is 18.6 Å². The number of carboxylic acid groups (broad SMARTS) is 3. The van der Waals surface area contributed by atoms with E-state index in [9.17, 15) is 14.4 Å². The second kappa shape index (κ2) is 3.97. The van der Waals surface area contributed by atoms with Crippen LogP contribution in [0.5, 0.6) is 0 Å². The van der Waals surface area contributed by atoms with E-state index in [2.05, 4.69) is 4.98 Å². The Morgan fingerprint density at radius 1 is 1.06 bits per heavy atom. The zero-order valence-corrected chi connectivity index (χ0v) is 8.09. The van der Waals surface area contributed by atoms with Gasteiger partial charge in [0.05, 0.1) is 5.56 Å². The summed E-state index contributed by atoms with van der Waals surface area (Å²) in [5.74, 6) is -4.45. The minimum absolute atomic E-state index is 0.0392. The summed E-state index contributed by atoms with van der Waals surface area (Å²) in [5.41, 5.74) is -1.74. The van der Waals surface area contributed by atoms with Crippen LogP contribution in [0.25, 0.3) is 0 Å². The minimum Gasteiger partial charge on any atom is -0.478 e. The molecule has 0 aromatic carbocycles. The Morgan fingerprint density at radius 2 is 1.62 bits per heavy atom. The number of aromatic carboxylic acids is 3. The highest BCUT2D eigenvalue weighted by Gasteiger charge is 2.23. The molecule has 1 heterocycles. The van der Waals surface area contributed by atoms with Crippen molar-refractivity contribution >= 4 is 17.9 Å². The highest BCUT2D eigenvalue weighted by Crippen LogP contribution is 2.14. The molecule has 0 aliphatic carbocycles. The molecule has 0 spiro atoms. The standard InChI is InChI=1S/C9H7NO6/c1-3-2-4(7(11)12)10-6(9(15)16)5(3)8(13)14/h2H,1H3,(H,11,12)(H,13,14)(H,15,16). The van der Waals surface area contributed by atoms with Crippen LogP contribution < -0.4 is 0 Å². The molecule has 3 N–H and O–H groups in total. The van der Waals surface area contributed by atoms with Crippen LogP contribution in [-0.4, -0.2) is 38.2 Å². The molecule has 0 aliphatic heterocycles. The van der Waals surface area contributed by atoms with E-state index in [1.807, 2.05) is 0 Å². The average molecular weight is 225 g/mol. The van der Waals surface area contributed by atoms with Crippen LogP contribution in [0.15, 0.2) is 6.07 Å². The highest BCUT2D eigenvalue weighted by atomic mass is 16.4. The molecule has 7 heteroatoms. The van der Waals surface area contributed by atoms with Gasteiger partial charge in [-0.1, -0.05) is 0 Å². The largest absolute Gasteiger partial charge is 0.478 e. The zero-order chi connectivity index (χ0) is 12.5. The Morgan fingerprint density at radius 3 is 2.00 bits per heavy atom. The van der Waals surface area contributed by atoms with Crippen LogP contribution in [0.4, 0.5) is 0 Å². The molecule has 0 atom stereocenters. The van der Waals surface area contributed by atoms with Crippen molar-refractivity contribution in [3.8, 4) is 0 Å². The number of nitrogens with zero attached hydrogens (tertiary/aromatic N) is 1. The van der Waals surface area contributed by atoms with Gasteiger partial charge in [0.1, 0.15) is 5.69 Å². The van der Waals surface area contributed by atoms with Crippen molar-refractivity contribution in [3.05, 3.63) is 28.6 Å². The van der Waals surface area contributed by atoms with Gasteiger partial charge in [-0.3, -0.25) is 0 Å². The smallest absolute Gasteiger partial charge is 0.355 e. The van der Waals surface area contributed by atoms with E-state index in [1.54, 1.807) is 0 Å². The fourth-order valence-electron chi connectivity index (χ4n) is 1.21. The summed E-state index contributed by atoms with van der Waals surface area (Å²) >= 11 is 0. The van der Waals surface area contributed by atoms with E-state index in [1.165, 1.54) is 6.92 Å². The summed E-state index contributed by atoms with van der Waals surface area (Å²) in [6.07, 6.45) is 0. The molecule has 7 nitrogen and oxygen atoms in total. The van der Waals surface area contributed by atoms with Gasteiger partial charge in [-0.2, -0.15) is 0 Å². The first-order valence-electron chi connectivity index (χ1n) is 4.06. The van der Waals surface area contributed by atoms with E-state index in [4.69, 9.17) is 15.3 Å². The second-order valence-corrected chi connectivity index (χ2v) is 2.96. The zero-order valence-electron chi connectivity index (χ0n) is 8.09. The molecule has 0 amide bonds. The molecule has 0 unspecified atom stereocenters. The molecule has 0 saturated heterocycles. The van der Waals surface area contributed by atoms with Gasteiger partial charge in [0.15, 0.2) is 5.69 Å². The van der Waals surface area contributed by atoms with Crippen LogP contribution in [-0.2, 0) is 0 Å². The SMILES string of the molecule is Cc1cc(C(=O)O)nc(C(=O)O)c1C(=O)O. The maximum absolute atomic E-state index is 10.8. The Bertz CT molecular complexity index is 493. The number of carbonyl (C=O) groups is 3. The lowest BCUT2D eigenvalue weighted by Crippen LogP contribution is -2.16. The molecule has 1 rings (SSSR count). The van der Waals surface area contributed by atoms with E-state index in [0.29, 0.717) is 0 Å². The number of pyridine rings is 1. The molecular formula is C9H7NO6. The van der Waals surface area contributed by atoms with Gasteiger partial charge in [0, 0.05) is 0 Å². The summed E-state index contributed by atoms with van der Waals surface area (Å²) in [4.78, 5) is 35.4. The summed E-state index contributed by atoms with van der Waals surface area (Å²) in [5, 5.41) is 26.1. The first kappa shape index (κ1) is 11.6. The van der Waals surface area contributed by atoms with Gasteiger partial charge >= 0.3 is 17.9 Å². The van der Waals surface area contributed by atoms with Crippen LogP contribution >= 0.6 is 0 Å². The lowest BCUT2D eigenvalue weighted by atomic mass is 10.1. The monoisotopic (exact) mass is 225 g/mol. The van der Waals surface area contributed by atoms with Crippen molar-refractivity contribution in [3.63, 3.8) is 0 Å². The molecule has 1 aromatic rings. The first-order valence-corrected chi connectivity index (χ1v) is 4.06. The Hall–Kier alpha value is -2.44. The fourth-order valence-corrected chi connectivity index (χ4v) is 1.21. The van der Waals surface area contributed by atoms with Crippen LogP contribution in [0.1, 0.15) is 36.9 Å². The molecule has 84 valence electrons. The molecule has 0 saturated carbocycles. The molecule has 0 fully saturated rings. The van der Waals surface area contributed by atoms with Crippen molar-refractivity contribution in [2.24, 2.45) is 0 Å². The van der Waals surface area contributed by atoms with Gasteiger partial charge in [-0.15, -0.1) is 0 Å². The maximum atomic E-state index is 10.8. The van der Waals surface area contributed by atoms with E-state index >= 15 is 0 Å². The summed E-state index contributed by atoms with van der Waals surface area (Å²) < 4.78 is 0. The predicted molar refractivity (Wildman–Crippen MR) is 49.9 cm³/mol. The number of aryl methyl sites for hydroxylation is 1. The Labute approximate surface area is 89.0 Å². The molecule has 0 radical (unpaired) electrons. The predicted octanol–water partition coefficient (Wildman–Crippen LogP) is 0.485. The van der Waals surface area contributed by atoms with Crippen LogP contribution in [0.3, 0.4) is 0 Å². The molecule has 1 aromatic heterocycles. The third-order valence-electron chi connectivity index (χ3n) is 1.85. The maximum Gasteiger partial charge on any atom is 0.355 e. The van der Waals surface area contributed by atoms with E-state index in [-0.39, 0.29) is 5.56 Å². The second-order valence-electron chi connectivity index (χ2n) is 2.96. The number of rotatable bonds is 3. The summed E-state index contributed by atoms with van der Waals surface area (Å²) in [6, 6.07) is 1.01. The number of hydrogen-bond acceptors (Lipinski definition) is 4. The number of carboxylic acids is 3. The highest BCUT2D eigenvalue weighted by molar-refractivity contribution is 6.02. The average Bonchev–Trinajstić information content (AvgIpc) is 2.15. The number of hydrogen-bond donors (Lipinski definition) is 3. The third kappa shape index (κ3) is 1.97. The summed E-state index contributed by atoms with van der Waals surface area (Å²) in [6.45, 7) is 1.31. The van der Waals surface area contributed by atoms with Crippen LogP contribution in [0, 0.1) is 6.92 Å². The van der Waals surface area contributed by atoms with E-state index in [0.717, 1.165) is 6.07 Å². The van der Waals surface area contributed by atoms with Crippen molar-refractivity contribution in [1.82, 2.24) is 4.98 Å². The molecule has 16 heavy (non-hydrogen) atoms. The van der Waals surface area contributed by atoms with Crippen molar-refractivity contribution < 1.29 is 29.7 Å². The Balaban J connectivity index is 3.58. The van der Waals surface area contributed by atoms with Gasteiger partial charge in [0.2, 0.25) is 0 Å². The summed E-state index contributed by atoms with van der Waals surface area (Å²) in [7, 11) is 0. The molecule has 0 bridgehead atoms. The Kier molecular flexibility index (Phi) is 2.89. The third-order valence-corrected chi connectivity index (χ3v) is 1.85. The fraction of sp³-hybridized carbons (Fsp3) is 0.111. The van der Waals surface area contributed by atoms with E-state index < -0.39 is 34.9 Å². The van der Waals surface area contributed by atoms with Gasteiger partial charge in [-0.25, -0.2) is 19.4 Å². The topological polar surface area (TPSA) is 125 Å². The van der Waals surface area contributed by atoms with Gasteiger partial charge < -0.3 is 15.3 Å². The van der Waals surface area contributed by atoms with Crippen molar-refractivity contribution in [2.45, 2.75) is 6.92 Å². The van der Waals surface area contributed by atoms with Gasteiger partial charge in [0.25, 0.3) is 0 Å². The van der Waals surface area contributed by atoms with Crippen molar-refractivity contribution in [2.75, 3.05) is 0 Å².